The van der Waals surface area contributed by atoms with Crippen LogP contribution in [0.1, 0.15) is 54.9 Å². The second-order valence-electron chi connectivity index (χ2n) is 7.85. The molecular formula is C26H24. The molecule has 2 aromatic carbocycles. The minimum atomic E-state index is 0.494. The molecule has 0 heterocycles. The van der Waals surface area contributed by atoms with Gasteiger partial charge in [-0.3, -0.25) is 0 Å². The first-order chi connectivity index (χ1) is 12.7. The summed E-state index contributed by atoms with van der Waals surface area (Å²) >= 11 is 0. The number of allylic oxidation sites excluding steroid dienone is 6. The summed E-state index contributed by atoms with van der Waals surface area (Å²) in [5.74, 6) is 0.494. The van der Waals surface area contributed by atoms with Crippen molar-refractivity contribution in [1.82, 2.24) is 0 Å². The molecule has 3 aliphatic rings. The lowest BCUT2D eigenvalue weighted by molar-refractivity contribution is 0.874. The smallest absolute Gasteiger partial charge is 0.00730 e. The molecule has 0 fully saturated rings. The van der Waals surface area contributed by atoms with Gasteiger partial charge >= 0.3 is 0 Å². The molecule has 0 radical (unpaired) electrons. The topological polar surface area (TPSA) is 0 Å². The molecule has 0 amide bonds. The Kier molecular flexibility index (Phi) is 3.60. The molecule has 2 aromatic rings. The summed E-state index contributed by atoms with van der Waals surface area (Å²) < 4.78 is 0. The standard InChI is InChI=1S/C26H24/c1-17-13-25-18(2)24-10-6-5-9-22(24)16-26(25)23(17)12-11-19-14-20-7-3-4-8-21(20)15-19/h3-10,13-14,16,18H,11-12,15H2,1-2H3/t18-/m1/s1. The van der Waals surface area contributed by atoms with Gasteiger partial charge in [-0.15, -0.1) is 0 Å². The first-order valence-corrected chi connectivity index (χ1v) is 9.71. The molecule has 0 heteroatoms. The normalized spacial score (nSPS) is 20.2. The number of rotatable bonds is 3. The van der Waals surface area contributed by atoms with Gasteiger partial charge in [0, 0.05) is 5.92 Å². The quantitative estimate of drug-likeness (QED) is 0.574. The molecule has 26 heavy (non-hydrogen) atoms. The van der Waals surface area contributed by atoms with Crippen LogP contribution in [0.5, 0.6) is 0 Å². The molecule has 0 nitrogen and oxygen atoms in total. The van der Waals surface area contributed by atoms with Crippen LogP contribution in [0.15, 0.2) is 82.5 Å². The van der Waals surface area contributed by atoms with Gasteiger partial charge in [0.2, 0.25) is 0 Å². The van der Waals surface area contributed by atoms with E-state index in [0.29, 0.717) is 5.92 Å². The Hall–Kier alpha value is -2.60. The van der Waals surface area contributed by atoms with E-state index in [2.05, 4.69) is 80.6 Å². The van der Waals surface area contributed by atoms with Gasteiger partial charge in [-0.2, -0.15) is 0 Å². The first-order valence-electron chi connectivity index (χ1n) is 9.71. The van der Waals surface area contributed by atoms with Crippen molar-refractivity contribution in [2.45, 2.75) is 39.0 Å². The molecular weight excluding hydrogens is 312 g/mol. The van der Waals surface area contributed by atoms with E-state index in [1.165, 1.54) is 39.0 Å². The molecule has 0 N–H and O–H groups in total. The fourth-order valence-corrected chi connectivity index (χ4v) is 4.80. The van der Waals surface area contributed by atoms with Crippen LogP contribution in [-0.2, 0) is 6.42 Å². The Labute approximate surface area is 156 Å². The van der Waals surface area contributed by atoms with Gasteiger partial charge in [0.05, 0.1) is 0 Å². The van der Waals surface area contributed by atoms with Crippen LogP contribution in [0.25, 0.3) is 12.2 Å². The average molecular weight is 336 g/mol. The summed E-state index contributed by atoms with van der Waals surface area (Å²) in [4.78, 5) is 0. The molecule has 0 saturated heterocycles. The minimum Gasteiger partial charge on any atom is -0.0649 e. The summed E-state index contributed by atoms with van der Waals surface area (Å²) in [6, 6.07) is 17.7. The summed E-state index contributed by atoms with van der Waals surface area (Å²) in [7, 11) is 0. The van der Waals surface area contributed by atoms with Crippen molar-refractivity contribution in [3.8, 4) is 0 Å². The van der Waals surface area contributed by atoms with E-state index < -0.39 is 0 Å². The molecule has 0 aromatic heterocycles. The molecule has 3 aliphatic carbocycles. The summed E-state index contributed by atoms with van der Waals surface area (Å²) in [6.45, 7) is 4.64. The van der Waals surface area contributed by atoms with E-state index in [-0.39, 0.29) is 0 Å². The predicted molar refractivity (Wildman–Crippen MR) is 111 cm³/mol. The van der Waals surface area contributed by atoms with E-state index in [1.807, 2.05) is 0 Å². The van der Waals surface area contributed by atoms with Crippen molar-refractivity contribution in [2.24, 2.45) is 0 Å². The second-order valence-corrected chi connectivity index (χ2v) is 7.85. The van der Waals surface area contributed by atoms with Gasteiger partial charge in [-0.1, -0.05) is 73.2 Å². The molecule has 1 atom stereocenters. The largest absolute Gasteiger partial charge is 0.0649 e. The third kappa shape index (κ3) is 2.44. The number of hydrogen-bond acceptors (Lipinski definition) is 0. The maximum Gasteiger partial charge on any atom is 0.00730 e. The van der Waals surface area contributed by atoms with Crippen molar-refractivity contribution in [1.29, 1.82) is 0 Å². The van der Waals surface area contributed by atoms with Crippen molar-refractivity contribution in [3.63, 3.8) is 0 Å². The number of hydrogen-bond donors (Lipinski definition) is 0. The van der Waals surface area contributed by atoms with E-state index in [9.17, 15) is 0 Å². The fourth-order valence-electron chi connectivity index (χ4n) is 4.80. The maximum absolute atomic E-state index is 2.43. The Balaban J connectivity index is 1.40. The number of fused-ring (bicyclic) bond motifs is 3. The Morgan fingerprint density at radius 1 is 0.846 bits per heavy atom. The zero-order valence-corrected chi connectivity index (χ0v) is 15.5. The van der Waals surface area contributed by atoms with Crippen LogP contribution in [0.2, 0.25) is 0 Å². The third-order valence-corrected chi connectivity index (χ3v) is 6.24. The van der Waals surface area contributed by atoms with Gasteiger partial charge in [0.1, 0.15) is 0 Å². The molecule has 0 spiro atoms. The van der Waals surface area contributed by atoms with Gasteiger partial charge in [0.25, 0.3) is 0 Å². The minimum absolute atomic E-state index is 0.494. The monoisotopic (exact) mass is 336 g/mol. The summed E-state index contributed by atoms with van der Waals surface area (Å²) in [6.07, 6.45) is 10.7. The molecule has 0 aliphatic heterocycles. The lowest BCUT2D eigenvalue weighted by Crippen LogP contribution is -2.07. The Bertz CT molecular complexity index is 1020. The predicted octanol–water partition coefficient (Wildman–Crippen LogP) is 6.86. The molecule has 5 rings (SSSR count). The van der Waals surface area contributed by atoms with Crippen molar-refractivity contribution < 1.29 is 0 Å². The van der Waals surface area contributed by atoms with E-state index in [4.69, 9.17) is 0 Å². The fraction of sp³-hybridized carbons (Fsp3) is 0.231. The second kappa shape index (κ2) is 5.99. The average Bonchev–Trinajstić information content (AvgIpc) is 3.21. The van der Waals surface area contributed by atoms with Crippen molar-refractivity contribution >= 4 is 12.2 Å². The third-order valence-electron chi connectivity index (χ3n) is 6.24. The maximum atomic E-state index is 2.43. The number of benzene rings is 2. The van der Waals surface area contributed by atoms with Crippen LogP contribution in [0.4, 0.5) is 0 Å². The lowest BCUT2D eigenvalue weighted by atomic mass is 9.79. The van der Waals surface area contributed by atoms with Crippen LogP contribution >= 0.6 is 0 Å². The van der Waals surface area contributed by atoms with Crippen LogP contribution in [0.3, 0.4) is 0 Å². The van der Waals surface area contributed by atoms with Gasteiger partial charge in [-0.25, -0.2) is 0 Å². The Morgan fingerprint density at radius 3 is 2.46 bits per heavy atom. The van der Waals surface area contributed by atoms with Crippen molar-refractivity contribution in [3.05, 3.63) is 105 Å². The first kappa shape index (κ1) is 15.6. The highest BCUT2D eigenvalue weighted by atomic mass is 14.3. The van der Waals surface area contributed by atoms with E-state index >= 15 is 0 Å². The molecule has 0 saturated carbocycles. The zero-order valence-electron chi connectivity index (χ0n) is 15.5. The van der Waals surface area contributed by atoms with E-state index in [0.717, 1.165) is 19.3 Å². The molecule has 128 valence electrons. The van der Waals surface area contributed by atoms with Crippen LogP contribution in [-0.4, -0.2) is 0 Å². The SMILES string of the molecule is CC1=C(CCC2=Cc3ccccc3C2)C2=Cc3ccccc3[C@@H](C)C2=C1. The van der Waals surface area contributed by atoms with Gasteiger partial charge in [-0.05, 0) is 76.8 Å². The molecule has 0 unspecified atom stereocenters. The highest BCUT2D eigenvalue weighted by molar-refractivity contribution is 5.77. The summed E-state index contributed by atoms with van der Waals surface area (Å²) in [5.41, 5.74) is 13.3. The summed E-state index contributed by atoms with van der Waals surface area (Å²) in [5, 5.41) is 0. The lowest BCUT2D eigenvalue weighted by Gasteiger charge is -2.25. The zero-order chi connectivity index (χ0) is 17.7. The van der Waals surface area contributed by atoms with Crippen LogP contribution < -0.4 is 0 Å². The van der Waals surface area contributed by atoms with Crippen LogP contribution in [0, 0.1) is 0 Å². The highest BCUT2D eigenvalue weighted by Gasteiger charge is 2.29. The van der Waals surface area contributed by atoms with Gasteiger partial charge < -0.3 is 0 Å². The highest BCUT2D eigenvalue weighted by Crippen LogP contribution is 2.47. The van der Waals surface area contributed by atoms with E-state index in [1.54, 1.807) is 11.1 Å². The Morgan fingerprint density at radius 2 is 1.62 bits per heavy atom. The van der Waals surface area contributed by atoms with Gasteiger partial charge in [0.15, 0.2) is 0 Å². The molecule has 0 bridgehead atoms. The van der Waals surface area contributed by atoms with Crippen molar-refractivity contribution in [2.75, 3.05) is 0 Å².